The molecule has 0 saturated heterocycles. The number of hydrogen-bond donors (Lipinski definition) is 0. The summed E-state index contributed by atoms with van der Waals surface area (Å²) in [5, 5.41) is 0. The molecular formula is C20H41NO4S. The molecule has 0 amide bonds. The predicted octanol–water partition coefficient (Wildman–Crippen LogP) is 4.82. The molecule has 0 aliphatic heterocycles. The van der Waals surface area contributed by atoms with Gasteiger partial charge < -0.3 is 9.04 Å². The summed E-state index contributed by atoms with van der Waals surface area (Å²) in [4.78, 5) is 0. The summed E-state index contributed by atoms with van der Waals surface area (Å²) < 4.78 is 35.4. The average Bonchev–Trinajstić information content (AvgIpc) is 2.52. The summed E-state index contributed by atoms with van der Waals surface area (Å²) >= 11 is 0. The predicted molar refractivity (Wildman–Crippen MR) is 110 cm³/mol. The molecule has 0 unspecified atom stereocenters. The minimum atomic E-state index is -4.48. The van der Waals surface area contributed by atoms with E-state index in [0.717, 1.165) is 30.4 Å². The van der Waals surface area contributed by atoms with Crippen molar-refractivity contribution < 1.29 is 21.6 Å². The Hall–Kier alpha value is -0.690. The molecule has 0 fully saturated rings. The highest BCUT2D eigenvalue weighted by atomic mass is 32.3. The number of hydrogen-bond acceptors (Lipinski definition) is 4. The topological polar surface area (TPSA) is 66.4 Å². The van der Waals surface area contributed by atoms with Crippen molar-refractivity contribution >= 4 is 10.4 Å². The quantitative estimate of drug-likeness (QED) is 0.124. The van der Waals surface area contributed by atoms with E-state index in [1.807, 2.05) is 12.2 Å². The van der Waals surface area contributed by atoms with Crippen molar-refractivity contribution in [2.24, 2.45) is 0 Å². The first-order valence-corrected chi connectivity index (χ1v) is 11.2. The highest BCUT2D eigenvalue weighted by molar-refractivity contribution is 7.80. The number of likely N-dealkylation sites (N-methyl/N-ethyl adjacent to an activating group) is 1. The Balaban J connectivity index is 0. The molecule has 0 saturated carbocycles. The van der Waals surface area contributed by atoms with E-state index < -0.39 is 10.4 Å². The monoisotopic (exact) mass is 391 g/mol. The Morgan fingerprint density at radius 2 is 1.23 bits per heavy atom. The fraction of sp³-hybridized carbons (Fsp3) is 0.800. The molecule has 156 valence electrons. The van der Waals surface area contributed by atoms with Crippen LogP contribution < -0.4 is 0 Å². The first-order chi connectivity index (χ1) is 12.2. The van der Waals surface area contributed by atoms with Gasteiger partial charge in [0.15, 0.2) is 0 Å². The maximum Gasteiger partial charge on any atom is 0.217 e. The zero-order valence-corrected chi connectivity index (χ0v) is 18.1. The van der Waals surface area contributed by atoms with E-state index in [2.05, 4.69) is 38.4 Å². The normalized spacial score (nSPS) is 11.5. The second-order valence-corrected chi connectivity index (χ2v) is 8.34. The van der Waals surface area contributed by atoms with Crippen LogP contribution in [0.4, 0.5) is 0 Å². The van der Waals surface area contributed by atoms with Gasteiger partial charge in [-0.05, 0) is 18.6 Å². The van der Waals surface area contributed by atoms with Crippen molar-refractivity contribution in [3.63, 3.8) is 0 Å². The van der Waals surface area contributed by atoms with E-state index in [1.165, 1.54) is 44.9 Å². The van der Waals surface area contributed by atoms with Crippen LogP contribution in [0.5, 0.6) is 0 Å². The lowest BCUT2D eigenvalue weighted by atomic mass is 10.1. The van der Waals surface area contributed by atoms with Crippen LogP contribution in [0.2, 0.25) is 0 Å². The van der Waals surface area contributed by atoms with Gasteiger partial charge in [-0.1, -0.05) is 77.9 Å². The van der Waals surface area contributed by atoms with Gasteiger partial charge in [0.25, 0.3) is 0 Å². The number of rotatable bonds is 16. The van der Waals surface area contributed by atoms with Crippen LogP contribution in [-0.4, -0.2) is 51.2 Å². The van der Waals surface area contributed by atoms with Gasteiger partial charge in [-0.2, -0.15) is 0 Å². The van der Waals surface area contributed by atoms with Crippen LogP contribution in [0.25, 0.3) is 0 Å². The van der Waals surface area contributed by atoms with Crippen molar-refractivity contribution in [3.05, 3.63) is 25.3 Å². The second kappa shape index (κ2) is 17.7. The van der Waals surface area contributed by atoms with Crippen LogP contribution in [0.15, 0.2) is 25.3 Å². The highest BCUT2D eigenvalue weighted by Gasteiger charge is 2.07. The molecule has 0 aromatic heterocycles. The lowest BCUT2D eigenvalue weighted by molar-refractivity contribution is -0.878. The lowest BCUT2D eigenvalue weighted by Gasteiger charge is -2.26. The summed E-state index contributed by atoms with van der Waals surface area (Å²) in [6, 6.07) is 0. The molecule has 5 nitrogen and oxygen atoms in total. The zero-order valence-electron chi connectivity index (χ0n) is 17.2. The van der Waals surface area contributed by atoms with Gasteiger partial charge in [-0.3, -0.25) is 4.18 Å². The highest BCUT2D eigenvalue weighted by Crippen LogP contribution is 2.10. The van der Waals surface area contributed by atoms with Gasteiger partial charge in [0.2, 0.25) is 10.4 Å². The van der Waals surface area contributed by atoms with Gasteiger partial charge in [-0.25, -0.2) is 8.42 Å². The fourth-order valence-corrected chi connectivity index (χ4v) is 2.85. The van der Waals surface area contributed by atoms with E-state index in [9.17, 15) is 13.0 Å². The maximum atomic E-state index is 10.1. The summed E-state index contributed by atoms with van der Waals surface area (Å²) in [7, 11) is -0.172. The van der Waals surface area contributed by atoms with Crippen LogP contribution >= 0.6 is 0 Å². The Morgan fingerprint density at radius 1 is 0.846 bits per heavy atom. The minimum Gasteiger partial charge on any atom is -0.726 e. The largest absolute Gasteiger partial charge is 0.726 e. The van der Waals surface area contributed by atoms with Crippen LogP contribution in [0.3, 0.4) is 0 Å². The van der Waals surface area contributed by atoms with Crippen LogP contribution in [-0.2, 0) is 14.6 Å². The first-order valence-electron chi connectivity index (χ1n) is 9.82. The van der Waals surface area contributed by atoms with Gasteiger partial charge in [-0.15, -0.1) is 0 Å². The van der Waals surface area contributed by atoms with Gasteiger partial charge in [0.05, 0.1) is 33.8 Å². The minimum absolute atomic E-state index is 0.0301. The standard InChI is InChI=1S/C12H26O4S.C8H16N/c1-2-3-4-5-6-7-8-9-10-11-12-16-17(13,14)15;1-5-7-9(3,4)8-6-2/h2-12H2,1H3,(H,13,14,15);5-6H,1-2,7-8H2,3-4H3/q;+1/p-1. The van der Waals surface area contributed by atoms with Crippen molar-refractivity contribution in [1.29, 1.82) is 0 Å². The number of quaternary nitrogens is 1. The summed E-state index contributed by atoms with van der Waals surface area (Å²) in [6.45, 7) is 11.6. The molecule has 0 heterocycles. The van der Waals surface area contributed by atoms with Crippen molar-refractivity contribution in [3.8, 4) is 0 Å². The van der Waals surface area contributed by atoms with Gasteiger partial charge in [0, 0.05) is 0 Å². The van der Waals surface area contributed by atoms with E-state index in [4.69, 9.17) is 0 Å². The molecule has 0 radical (unpaired) electrons. The molecule has 0 bridgehead atoms. The summed E-state index contributed by atoms with van der Waals surface area (Å²) in [6.07, 6.45) is 15.6. The molecule has 0 aromatic carbocycles. The Bertz CT molecular complexity index is 421. The molecule has 0 aliphatic rings. The Labute approximate surface area is 162 Å². The Morgan fingerprint density at radius 3 is 1.58 bits per heavy atom. The first kappa shape index (κ1) is 27.5. The average molecular weight is 392 g/mol. The van der Waals surface area contributed by atoms with E-state index >= 15 is 0 Å². The molecule has 0 atom stereocenters. The number of nitrogens with zero attached hydrogens (tertiary/aromatic N) is 1. The molecule has 0 aromatic rings. The van der Waals surface area contributed by atoms with Gasteiger partial charge >= 0.3 is 0 Å². The molecule has 0 spiro atoms. The third kappa shape index (κ3) is 25.5. The fourth-order valence-electron chi connectivity index (χ4n) is 2.52. The van der Waals surface area contributed by atoms with Crippen molar-refractivity contribution in [2.45, 2.75) is 71.1 Å². The third-order valence-corrected chi connectivity index (χ3v) is 4.43. The molecule has 0 rings (SSSR count). The molecule has 6 heteroatoms. The lowest BCUT2D eigenvalue weighted by Crippen LogP contribution is -2.39. The molecule has 0 aliphatic carbocycles. The van der Waals surface area contributed by atoms with Crippen molar-refractivity contribution in [1.82, 2.24) is 0 Å². The van der Waals surface area contributed by atoms with Crippen molar-refractivity contribution in [2.75, 3.05) is 33.8 Å². The SMILES string of the molecule is C=CC[N+](C)(C)CC=C.CCCCCCCCCCCCOS(=O)(=O)[O-]. The summed E-state index contributed by atoms with van der Waals surface area (Å²) in [5.41, 5.74) is 0. The zero-order chi connectivity index (χ0) is 20.3. The van der Waals surface area contributed by atoms with Gasteiger partial charge in [0.1, 0.15) is 0 Å². The maximum absolute atomic E-state index is 10.1. The molecular weight excluding hydrogens is 350 g/mol. The smallest absolute Gasteiger partial charge is 0.217 e. The van der Waals surface area contributed by atoms with E-state index in [-0.39, 0.29) is 6.61 Å². The number of unbranched alkanes of at least 4 members (excludes halogenated alkanes) is 9. The Kier molecular flexibility index (Phi) is 18.8. The van der Waals surface area contributed by atoms with E-state index in [0.29, 0.717) is 6.42 Å². The van der Waals surface area contributed by atoms with E-state index in [1.54, 1.807) is 0 Å². The summed E-state index contributed by atoms with van der Waals surface area (Å²) in [5.74, 6) is 0. The van der Waals surface area contributed by atoms with Crippen LogP contribution in [0.1, 0.15) is 71.1 Å². The third-order valence-electron chi connectivity index (χ3n) is 3.97. The molecule has 26 heavy (non-hydrogen) atoms. The molecule has 0 N–H and O–H groups in total. The van der Waals surface area contributed by atoms with Crippen LogP contribution in [0, 0.1) is 0 Å². The second-order valence-electron chi connectivity index (χ2n) is 7.29.